The third-order valence-corrected chi connectivity index (χ3v) is 7.05. The second-order valence-corrected chi connectivity index (χ2v) is 8.88. The van der Waals surface area contributed by atoms with Crippen molar-refractivity contribution in [2.45, 2.75) is 56.6 Å². The fourth-order valence-electron chi connectivity index (χ4n) is 3.88. The van der Waals surface area contributed by atoms with Gasteiger partial charge in [-0.05, 0) is 41.8 Å². The van der Waals surface area contributed by atoms with Gasteiger partial charge in [0.25, 0.3) is 0 Å². The molecular formula is C20H23ClO6S. The highest BCUT2D eigenvalue weighted by Gasteiger charge is 2.58. The molecule has 28 heavy (non-hydrogen) atoms. The lowest BCUT2D eigenvalue weighted by molar-refractivity contribution is -0.368. The van der Waals surface area contributed by atoms with E-state index in [0.717, 1.165) is 17.5 Å². The molecule has 5 atom stereocenters. The Morgan fingerprint density at radius 3 is 2.61 bits per heavy atom. The minimum Gasteiger partial charge on any atom is -0.394 e. The lowest BCUT2D eigenvalue weighted by Crippen LogP contribution is -2.63. The van der Waals surface area contributed by atoms with Gasteiger partial charge >= 0.3 is 0 Å². The molecule has 1 unspecified atom stereocenters. The van der Waals surface area contributed by atoms with Gasteiger partial charge in [0.2, 0.25) is 5.79 Å². The zero-order valence-electron chi connectivity index (χ0n) is 15.3. The van der Waals surface area contributed by atoms with E-state index in [1.165, 1.54) is 9.75 Å². The number of hydrogen-bond donors (Lipinski definition) is 4. The molecule has 152 valence electrons. The number of rotatable bonds is 4. The summed E-state index contributed by atoms with van der Waals surface area (Å²) >= 11 is 8.21. The number of aliphatic hydroxyl groups is 4. The zero-order valence-corrected chi connectivity index (χ0v) is 16.9. The Kier molecular flexibility index (Phi) is 5.54. The molecule has 0 bridgehead atoms. The van der Waals surface area contributed by atoms with Crippen LogP contribution in [0.25, 0.3) is 0 Å². The molecule has 6 nitrogen and oxygen atoms in total. The van der Waals surface area contributed by atoms with Crippen molar-refractivity contribution in [3.8, 4) is 0 Å². The van der Waals surface area contributed by atoms with Crippen LogP contribution >= 0.6 is 22.9 Å². The third-order valence-electron chi connectivity index (χ3n) is 5.47. The van der Waals surface area contributed by atoms with Gasteiger partial charge in [-0.15, -0.1) is 11.3 Å². The van der Waals surface area contributed by atoms with Crippen molar-refractivity contribution in [3.05, 3.63) is 55.7 Å². The molecule has 1 aromatic carbocycles. The minimum absolute atomic E-state index is 0.145. The van der Waals surface area contributed by atoms with Crippen LogP contribution in [0.2, 0.25) is 5.02 Å². The van der Waals surface area contributed by atoms with Gasteiger partial charge < -0.3 is 29.9 Å². The molecule has 1 saturated heterocycles. The van der Waals surface area contributed by atoms with E-state index < -0.39 is 36.8 Å². The molecule has 2 aliphatic heterocycles. The van der Waals surface area contributed by atoms with E-state index >= 15 is 0 Å². The summed E-state index contributed by atoms with van der Waals surface area (Å²) in [4.78, 5) is 2.46. The molecule has 8 heteroatoms. The molecule has 0 radical (unpaired) electrons. The Bertz CT molecular complexity index is 868. The molecular weight excluding hydrogens is 404 g/mol. The van der Waals surface area contributed by atoms with Crippen molar-refractivity contribution < 1.29 is 29.9 Å². The monoisotopic (exact) mass is 426 g/mol. The lowest BCUT2D eigenvalue weighted by Gasteiger charge is -2.46. The molecule has 3 heterocycles. The van der Waals surface area contributed by atoms with Crippen molar-refractivity contribution in [2.75, 3.05) is 6.61 Å². The SMILES string of the molecule is CCc1ccc(Cc2cc3c(cc2Cl)CO[C@]32OC(CO)[C@@H](O)[C@H](O)[C@H]2O)s1. The minimum atomic E-state index is -1.65. The topological polar surface area (TPSA) is 99.4 Å². The molecule has 1 fully saturated rings. The van der Waals surface area contributed by atoms with E-state index in [1.54, 1.807) is 17.4 Å². The molecule has 0 aliphatic carbocycles. The second-order valence-electron chi connectivity index (χ2n) is 7.22. The quantitative estimate of drug-likeness (QED) is 0.594. The summed E-state index contributed by atoms with van der Waals surface area (Å²) in [6, 6.07) is 7.80. The van der Waals surface area contributed by atoms with Gasteiger partial charge in [0.1, 0.15) is 24.4 Å². The number of ether oxygens (including phenoxy) is 2. The van der Waals surface area contributed by atoms with Crippen LogP contribution < -0.4 is 0 Å². The van der Waals surface area contributed by atoms with Gasteiger partial charge in [0.15, 0.2) is 0 Å². The first-order valence-electron chi connectivity index (χ1n) is 9.25. The molecule has 0 amide bonds. The summed E-state index contributed by atoms with van der Waals surface area (Å²) < 4.78 is 11.6. The number of aryl methyl sites for hydroxylation is 1. The van der Waals surface area contributed by atoms with Crippen LogP contribution in [0.3, 0.4) is 0 Å². The van der Waals surface area contributed by atoms with Crippen LogP contribution in [-0.2, 0) is 34.7 Å². The van der Waals surface area contributed by atoms with E-state index in [-0.39, 0.29) is 6.61 Å². The highest BCUT2D eigenvalue weighted by Crippen LogP contribution is 2.47. The molecule has 1 aromatic heterocycles. The Labute approximate surface area is 171 Å². The Hall–Kier alpha value is -1.03. The van der Waals surface area contributed by atoms with Crippen LogP contribution in [0.4, 0.5) is 0 Å². The van der Waals surface area contributed by atoms with Gasteiger partial charge in [0, 0.05) is 26.8 Å². The smallest absolute Gasteiger partial charge is 0.225 e. The van der Waals surface area contributed by atoms with Crippen molar-refractivity contribution in [2.24, 2.45) is 0 Å². The van der Waals surface area contributed by atoms with Crippen molar-refractivity contribution in [1.82, 2.24) is 0 Å². The normalized spacial score (nSPS) is 32.1. The highest BCUT2D eigenvalue weighted by molar-refractivity contribution is 7.12. The van der Waals surface area contributed by atoms with E-state index in [2.05, 4.69) is 19.1 Å². The zero-order chi connectivity index (χ0) is 20.1. The van der Waals surface area contributed by atoms with Gasteiger partial charge in [-0.1, -0.05) is 18.5 Å². The number of aliphatic hydroxyl groups excluding tert-OH is 4. The summed E-state index contributed by atoms with van der Waals surface area (Å²) in [6.45, 7) is 1.74. The fourth-order valence-corrected chi connectivity index (χ4v) is 5.11. The fraction of sp³-hybridized carbons (Fsp3) is 0.500. The maximum absolute atomic E-state index is 10.7. The summed E-state index contributed by atoms with van der Waals surface area (Å²) in [6.07, 6.45) is -3.91. The maximum atomic E-state index is 10.7. The first-order valence-corrected chi connectivity index (χ1v) is 10.4. The van der Waals surface area contributed by atoms with E-state index in [0.29, 0.717) is 17.0 Å². The maximum Gasteiger partial charge on any atom is 0.225 e. The highest BCUT2D eigenvalue weighted by atomic mass is 35.5. The molecule has 2 aromatic rings. The number of thiophene rings is 1. The predicted octanol–water partition coefficient (Wildman–Crippen LogP) is 1.71. The van der Waals surface area contributed by atoms with E-state index in [4.69, 9.17) is 21.1 Å². The van der Waals surface area contributed by atoms with Gasteiger partial charge in [0.05, 0.1) is 13.2 Å². The Morgan fingerprint density at radius 1 is 1.18 bits per heavy atom. The van der Waals surface area contributed by atoms with Crippen molar-refractivity contribution >= 4 is 22.9 Å². The third kappa shape index (κ3) is 3.20. The second kappa shape index (κ2) is 7.66. The summed E-state index contributed by atoms with van der Waals surface area (Å²) in [5, 5.41) is 41.1. The van der Waals surface area contributed by atoms with Crippen LogP contribution in [0.15, 0.2) is 24.3 Å². The molecule has 4 N–H and O–H groups in total. The van der Waals surface area contributed by atoms with Crippen molar-refractivity contribution in [1.29, 1.82) is 0 Å². The predicted molar refractivity (Wildman–Crippen MR) is 104 cm³/mol. The van der Waals surface area contributed by atoms with Gasteiger partial charge in [-0.3, -0.25) is 0 Å². The Balaban J connectivity index is 1.72. The van der Waals surface area contributed by atoms with Crippen LogP contribution in [0, 0.1) is 0 Å². The number of halogens is 1. The molecule has 4 rings (SSSR count). The Morgan fingerprint density at radius 2 is 1.93 bits per heavy atom. The van der Waals surface area contributed by atoms with Gasteiger partial charge in [-0.2, -0.15) is 0 Å². The summed E-state index contributed by atoms with van der Waals surface area (Å²) in [5.41, 5.74) is 2.16. The number of benzene rings is 1. The average Bonchev–Trinajstić information content (AvgIpc) is 3.29. The first-order chi connectivity index (χ1) is 13.4. The van der Waals surface area contributed by atoms with E-state index in [1.807, 2.05) is 6.07 Å². The lowest BCUT2D eigenvalue weighted by atomic mass is 9.86. The first kappa shape index (κ1) is 20.3. The average molecular weight is 427 g/mol. The number of fused-ring (bicyclic) bond motifs is 2. The van der Waals surface area contributed by atoms with Crippen LogP contribution in [-0.4, -0.2) is 51.4 Å². The largest absolute Gasteiger partial charge is 0.394 e. The standard InChI is InChI=1S/C20H23ClO6S/c1-2-12-3-4-13(28-12)5-10-6-14-11(7-15(10)21)9-26-20(14)19(25)18(24)17(23)16(8-22)27-20/h3-4,6-7,16-19,22-25H,2,5,8-9H2,1H3/t16?,17-,18+,19-,20+/m1/s1. The molecule has 0 saturated carbocycles. The van der Waals surface area contributed by atoms with Crippen LogP contribution in [0.1, 0.15) is 33.4 Å². The molecule has 1 spiro atoms. The van der Waals surface area contributed by atoms with Crippen LogP contribution in [0.5, 0.6) is 0 Å². The number of hydrogen-bond acceptors (Lipinski definition) is 7. The van der Waals surface area contributed by atoms with Gasteiger partial charge in [-0.25, -0.2) is 0 Å². The van der Waals surface area contributed by atoms with E-state index in [9.17, 15) is 20.4 Å². The summed E-state index contributed by atoms with van der Waals surface area (Å²) in [5.74, 6) is -1.65. The molecule has 2 aliphatic rings. The summed E-state index contributed by atoms with van der Waals surface area (Å²) in [7, 11) is 0. The van der Waals surface area contributed by atoms with Crippen molar-refractivity contribution in [3.63, 3.8) is 0 Å².